The van der Waals surface area contributed by atoms with Gasteiger partial charge in [-0.3, -0.25) is 4.79 Å². The average Bonchev–Trinajstić information content (AvgIpc) is 2.63. The third-order valence-electron chi connectivity index (χ3n) is 3.75. The SMILES string of the molecule is CC(C)C[C@H](NC(=O)[C@@H](O)[C@H](O)C(=O)OCc1ccccc1)C(=O)OC(C)(C)C. The van der Waals surface area contributed by atoms with Crippen LogP contribution in [-0.4, -0.2) is 51.9 Å². The normalized spacial score (nSPS) is 14.6. The Morgan fingerprint density at radius 3 is 2.10 bits per heavy atom. The molecule has 1 aromatic rings. The lowest BCUT2D eigenvalue weighted by molar-refractivity contribution is -0.166. The van der Waals surface area contributed by atoms with E-state index in [2.05, 4.69) is 5.32 Å². The van der Waals surface area contributed by atoms with E-state index in [4.69, 9.17) is 9.47 Å². The van der Waals surface area contributed by atoms with Crippen LogP contribution in [0.3, 0.4) is 0 Å². The summed E-state index contributed by atoms with van der Waals surface area (Å²) in [6, 6.07) is 7.73. The minimum absolute atomic E-state index is 0.0470. The quantitative estimate of drug-likeness (QED) is 0.526. The van der Waals surface area contributed by atoms with Crippen molar-refractivity contribution in [3.63, 3.8) is 0 Å². The molecule has 0 saturated heterocycles. The number of nitrogens with one attached hydrogen (secondary N) is 1. The van der Waals surface area contributed by atoms with Gasteiger partial charge in [0.05, 0.1) is 0 Å². The van der Waals surface area contributed by atoms with Crippen LogP contribution in [0.25, 0.3) is 0 Å². The van der Waals surface area contributed by atoms with Crippen LogP contribution in [0.1, 0.15) is 46.6 Å². The lowest BCUT2D eigenvalue weighted by Gasteiger charge is -2.26. The van der Waals surface area contributed by atoms with Crippen molar-refractivity contribution in [2.45, 2.75) is 71.5 Å². The third kappa shape index (κ3) is 9.06. The molecule has 0 heterocycles. The molecule has 0 radical (unpaired) electrons. The number of carbonyl (C=O) groups is 3. The molecule has 29 heavy (non-hydrogen) atoms. The standard InChI is InChI=1S/C21H31NO7/c1-13(2)11-15(19(26)29-21(3,4)5)22-18(25)16(23)17(24)20(27)28-12-14-9-7-6-8-10-14/h6-10,13,15-17,23-24H,11-12H2,1-5H3,(H,22,25)/t15-,16-,17-/m0/s1. The summed E-state index contributed by atoms with van der Waals surface area (Å²) in [5, 5.41) is 22.3. The predicted molar refractivity (Wildman–Crippen MR) is 105 cm³/mol. The predicted octanol–water partition coefficient (Wildman–Crippen LogP) is 1.32. The Hall–Kier alpha value is -2.45. The Kier molecular flexibility index (Phi) is 9.26. The van der Waals surface area contributed by atoms with Crippen molar-refractivity contribution in [2.75, 3.05) is 0 Å². The van der Waals surface area contributed by atoms with E-state index in [0.29, 0.717) is 5.56 Å². The van der Waals surface area contributed by atoms with Crippen LogP contribution in [0.2, 0.25) is 0 Å². The highest BCUT2D eigenvalue weighted by atomic mass is 16.6. The molecular formula is C21H31NO7. The van der Waals surface area contributed by atoms with Crippen LogP contribution in [0.4, 0.5) is 0 Å². The summed E-state index contributed by atoms with van der Waals surface area (Å²) in [6.07, 6.45) is -3.91. The molecule has 0 unspecified atom stereocenters. The molecule has 0 bridgehead atoms. The lowest BCUT2D eigenvalue weighted by Crippen LogP contribution is -2.52. The summed E-state index contributed by atoms with van der Waals surface area (Å²) in [5.74, 6) is -2.82. The van der Waals surface area contributed by atoms with Crippen molar-refractivity contribution in [3.8, 4) is 0 Å². The first kappa shape index (κ1) is 24.6. The van der Waals surface area contributed by atoms with Gasteiger partial charge in [0.1, 0.15) is 18.2 Å². The van der Waals surface area contributed by atoms with E-state index < -0.39 is 41.7 Å². The zero-order valence-electron chi connectivity index (χ0n) is 17.5. The van der Waals surface area contributed by atoms with Gasteiger partial charge in [0.2, 0.25) is 0 Å². The van der Waals surface area contributed by atoms with Crippen LogP contribution in [0.5, 0.6) is 0 Å². The van der Waals surface area contributed by atoms with Crippen molar-refractivity contribution in [1.82, 2.24) is 5.32 Å². The van der Waals surface area contributed by atoms with Gasteiger partial charge in [-0.2, -0.15) is 0 Å². The molecule has 1 aromatic carbocycles. The van der Waals surface area contributed by atoms with Gasteiger partial charge in [0.25, 0.3) is 5.91 Å². The monoisotopic (exact) mass is 409 g/mol. The number of aliphatic hydroxyl groups excluding tert-OH is 2. The highest BCUT2D eigenvalue weighted by molar-refractivity contribution is 5.91. The molecule has 3 N–H and O–H groups in total. The summed E-state index contributed by atoms with van der Waals surface area (Å²) in [5.41, 5.74) is -0.0647. The maximum Gasteiger partial charge on any atom is 0.338 e. The molecular weight excluding hydrogens is 378 g/mol. The van der Waals surface area contributed by atoms with Gasteiger partial charge < -0.3 is 25.0 Å². The van der Waals surface area contributed by atoms with Gasteiger partial charge in [-0.05, 0) is 38.7 Å². The molecule has 8 nitrogen and oxygen atoms in total. The Balaban J connectivity index is 2.69. The molecule has 0 aliphatic heterocycles. The molecule has 0 aromatic heterocycles. The van der Waals surface area contributed by atoms with E-state index >= 15 is 0 Å². The zero-order valence-corrected chi connectivity index (χ0v) is 17.5. The highest BCUT2D eigenvalue weighted by Crippen LogP contribution is 2.13. The second-order valence-electron chi connectivity index (χ2n) is 8.21. The molecule has 162 valence electrons. The first-order chi connectivity index (χ1) is 13.4. The summed E-state index contributed by atoms with van der Waals surface area (Å²) in [4.78, 5) is 36.6. The Morgan fingerprint density at radius 1 is 1.00 bits per heavy atom. The first-order valence-corrected chi connectivity index (χ1v) is 9.50. The van der Waals surface area contributed by atoms with E-state index in [1.807, 2.05) is 13.8 Å². The van der Waals surface area contributed by atoms with Crippen molar-refractivity contribution in [1.29, 1.82) is 0 Å². The minimum Gasteiger partial charge on any atom is -0.459 e. The van der Waals surface area contributed by atoms with Gasteiger partial charge in [0.15, 0.2) is 12.2 Å². The summed E-state index contributed by atoms with van der Waals surface area (Å²) in [6.45, 7) is 8.69. The van der Waals surface area contributed by atoms with Crippen molar-refractivity contribution in [3.05, 3.63) is 35.9 Å². The largest absolute Gasteiger partial charge is 0.459 e. The second-order valence-corrected chi connectivity index (χ2v) is 8.21. The van der Waals surface area contributed by atoms with Gasteiger partial charge in [0, 0.05) is 0 Å². The number of rotatable bonds is 9. The van der Waals surface area contributed by atoms with Crippen molar-refractivity contribution in [2.24, 2.45) is 5.92 Å². The Morgan fingerprint density at radius 2 is 1.59 bits per heavy atom. The minimum atomic E-state index is -2.09. The number of esters is 2. The fraction of sp³-hybridized carbons (Fsp3) is 0.571. The fourth-order valence-corrected chi connectivity index (χ4v) is 2.40. The molecule has 1 rings (SSSR count). The van der Waals surface area contributed by atoms with E-state index in [9.17, 15) is 24.6 Å². The number of hydrogen-bond donors (Lipinski definition) is 3. The van der Waals surface area contributed by atoms with Gasteiger partial charge in [-0.1, -0.05) is 44.2 Å². The molecule has 8 heteroatoms. The molecule has 3 atom stereocenters. The van der Waals surface area contributed by atoms with E-state index in [1.54, 1.807) is 51.1 Å². The molecule has 1 amide bonds. The lowest BCUT2D eigenvalue weighted by atomic mass is 10.0. The number of aliphatic hydroxyl groups is 2. The Bertz CT molecular complexity index is 682. The average molecular weight is 409 g/mol. The number of ether oxygens (including phenoxy) is 2. The molecule has 0 saturated carbocycles. The van der Waals surface area contributed by atoms with Crippen LogP contribution >= 0.6 is 0 Å². The summed E-state index contributed by atoms with van der Waals surface area (Å²) in [7, 11) is 0. The summed E-state index contributed by atoms with van der Waals surface area (Å²) >= 11 is 0. The highest BCUT2D eigenvalue weighted by Gasteiger charge is 2.35. The van der Waals surface area contributed by atoms with E-state index in [1.165, 1.54) is 0 Å². The zero-order chi connectivity index (χ0) is 22.2. The van der Waals surface area contributed by atoms with Crippen molar-refractivity contribution < 1.29 is 34.1 Å². The molecule has 0 fully saturated rings. The maximum absolute atomic E-state index is 12.3. The van der Waals surface area contributed by atoms with Crippen molar-refractivity contribution >= 4 is 17.8 Å². The Labute approximate surface area is 171 Å². The van der Waals surface area contributed by atoms with Crippen LogP contribution in [-0.2, 0) is 30.5 Å². The third-order valence-corrected chi connectivity index (χ3v) is 3.75. The number of amides is 1. The van der Waals surface area contributed by atoms with Gasteiger partial charge >= 0.3 is 11.9 Å². The van der Waals surface area contributed by atoms with Gasteiger partial charge in [-0.25, -0.2) is 9.59 Å². The molecule has 0 spiro atoms. The van der Waals surface area contributed by atoms with Gasteiger partial charge in [-0.15, -0.1) is 0 Å². The topological polar surface area (TPSA) is 122 Å². The number of hydrogen-bond acceptors (Lipinski definition) is 7. The summed E-state index contributed by atoms with van der Waals surface area (Å²) < 4.78 is 10.2. The van der Waals surface area contributed by atoms with E-state index in [-0.39, 0.29) is 18.9 Å². The molecule has 0 aliphatic rings. The first-order valence-electron chi connectivity index (χ1n) is 9.50. The van der Waals surface area contributed by atoms with Crippen LogP contribution in [0.15, 0.2) is 30.3 Å². The maximum atomic E-state index is 12.3. The number of carbonyl (C=O) groups excluding carboxylic acids is 3. The van der Waals surface area contributed by atoms with Crippen LogP contribution in [0, 0.1) is 5.92 Å². The molecule has 0 aliphatic carbocycles. The number of benzene rings is 1. The van der Waals surface area contributed by atoms with E-state index in [0.717, 1.165) is 0 Å². The smallest absolute Gasteiger partial charge is 0.338 e. The second kappa shape index (κ2) is 10.9. The fourth-order valence-electron chi connectivity index (χ4n) is 2.40. The van der Waals surface area contributed by atoms with Crippen LogP contribution < -0.4 is 5.32 Å².